The van der Waals surface area contributed by atoms with E-state index in [1.807, 2.05) is 0 Å². The first kappa shape index (κ1) is 16.2. The Morgan fingerprint density at radius 2 is 1.63 bits per heavy atom. The van der Waals surface area contributed by atoms with Gasteiger partial charge in [0.15, 0.2) is 0 Å². The van der Waals surface area contributed by atoms with Crippen LogP contribution in [0.15, 0.2) is 18.2 Å². The Labute approximate surface area is 118 Å². The molecule has 1 aromatic rings. The van der Waals surface area contributed by atoms with Gasteiger partial charge in [-0.3, -0.25) is 0 Å². The molecule has 19 heavy (non-hydrogen) atoms. The Bertz CT molecular complexity index is 353. The van der Waals surface area contributed by atoms with E-state index in [9.17, 15) is 0 Å². The van der Waals surface area contributed by atoms with E-state index in [-0.39, 0.29) is 0 Å². The van der Waals surface area contributed by atoms with Gasteiger partial charge >= 0.3 is 0 Å². The second-order valence-electron chi connectivity index (χ2n) is 5.72. The van der Waals surface area contributed by atoms with E-state index in [0.717, 1.165) is 19.6 Å². The highest BCUT2D eigenvalue weighted by Gasteiger charge is 2.05. The Morgan fingerprint density at radius 1 is 1.00 bits per heavy atom. The summed E-state index contributed by atoms with van der Waals surface area (Å²) in [4.78, 5) is 0. The number of nitrogens with one attached hydrogen (secondary N) is 1. The Hall–Kier alpha value is -0.860. The lowest BCUT2D eigenvalue weighted by molar-refractivity contribution is 0.0759. The molecular formula is C17H29NO. The van der Waals surface area contributed by atoms with Gasteiger partial charge in [0, 0.05) is 12.6 Å². The van der Waals surface area contributed by atoms with Crippen LogP contribution in [0.2, 0.25) is 0 Å². The fourth-order valence-electron chi connectivity index (χ4n) is 2.24. The fourth-order valence-corrected chi connectivity index (χ4v) is 2.24. The van der Waals surface area contributed by atoms with Crippen molar-refractivity contribution in [1.82, 2.24) is 5.32 Å². The molecule has 0 aliphatic rings. The zero-order valence-electron chi connectivity index (χ0n) is 13.1. The van der Waals surface area contributed by atoms with Crippen molar-refractivity contribution in [3.8, 4) is 0 Å². The van der Waals surface area contributed by atoms with Crippen molar-refractivity contribution in [2.75, 3.05) is 13.2 Å². The van der Waals surface area contributed by atoms with Crippen LogP contribution in [0.25, 0.3) is 0 Å². The smallest absolute Gasteiger partial charge is 0.0518 e. The number of unbranched alkanes of at least 4 members (excludes halogenated alkanes) is 1. The van der Waals surface area contributed by atoms with Gasteiger partial charge in [-0.05, 0) is 59.6 Å². The predicted molar refractivity (Wildman–Crippen MR) is 82.7 cm³/mol. The van der Waals surface area contributed by atoms with E-state index in [1.165, 1.54) is 23.1 Å². The molecular weight excluding hydrogens is 234 g/mol. The molecule has 1 rings (SSSR count). The Morgan fingerprint density at radius 3 is 2.21 bits per heavy atom. The number of rotatable bonds is 8. The maximum absolute atomic E-state index is 5.54. The molecule has 2 heteroatoms. The van der Waals surface area contributed by atoms with Gasteiger partial charge in [0.1, 0.15) is 0 Å². The second-order valence-corrected chi connectivity index (χ2v) is 5.72. The van der Waals surface area contributed by atoms with Gasteiger partial charge in [0.25, 0.3) is 0 Å². The summed E-state index contributed by atoms with van der Waals surface area (Å²) in [5.74, 6) is 0. The van der Waals surface area contributed by atoms with Crippen LogP contribution in [0.1, 0.15) is 56.3 Å². The van der Waals surface area contributed by atoms with E-state index in [0.29, 0.717) is 12.1 Å². The van der Waals surface area contributed by atoms with E-state index in [1.54, 1.807) is 0 Å². The third-order valence-electron chi connectivity index (χ3n) is 3.22. The number of benzene rings is 1. The minimum atomic E-state index is 0.349. The number of aryl methyl sites for hydroxylation is 2. The molecule has 0 amide bonds. The molecule has 0 fully saturated rings. The zero-order valence-corrected chi connectivity index (χ0v) is 13.1. The number of hydrogen-bond donors (Lipinski definition) is 1. The zero-order chi connectivity index (χ0) is 14.3. The van der Waals surface area contributed by atoms with Crippen LogP contribution in [0, 0.1) is 13.8 Å². The van der Waals surface area contributed by atoms with Gasteiger partial charge in [0.05, 0.1) is 6.10 Å². The third-order valence-corrected chi connectivity index (χ3v) is 3.22. The summed E-state index contributed by atoms with van der Waals surface area (Å²) in [5, 5.41) is 3.59. The van der Waals surface area contributed by atoms with Gasteiger partial charge in [-0.2, -0.15) is 0 Å². The lowest BCUT2D eigenvalue weighted by Crippen LogP contribution is -2.20. The largest absolute Gasteiger partial charge is 0.379 e. The highest BCUT2D eigenvalue weighted by atomic mass is 16.5. The highest BCUT2D eigenvalue weighted by molar-refractivity contribution is 5.30. The summed E-state index contributed by atoms with van der Waals surface area (Å²) in [6.45, 7) is 12.6. The summed E-state index contributed by atoms with van der Waals surface area (Å²) in [6.07, 6.45) is 2.65. The summed E-state index contributed by atoms with van der Waals surface area (Å²) < 4.78 is 5.54. The van der Waals surface area contributed by atoms with Crippen molar-refractivity contribution in [3.05, 3.63) is 34.9 Å². The average molecular weight is 263 g/mol. The third kappa shape index (κ3) is 6.74. The van der Waals surface area contributed by atoms with Gasteiger partial charge < -0.3 is 10.1 Å². The SMILES string of the molecule is Cc1cc(C)cc(C(C)NCCCCOC(C)C)c1. The molecule has 1 N–H and O–H groups in total. The molecule has 0 heterocycles. The van der Waals surface area contributed by atoms with E-state index in [4.69, 9.17) is 4.74 Å². The molecule has 108 valence electrons. The first-order chi connectivity index (χ1) is 8.99. The molecule has 1 aromatic carbocycles. The normalized spacial score (nSPS) is 12.9. The highest BCUT2D eigenvalue weighted by Crippen LogP contribution is 2.16. The quantitative estimate of drug-likeness (QED) is 0.711. The minimum Gasteiger partial charge on any atom is -0.379 e. The summed E-state index contributed by atoms with van der Waals surface area (Å²) >= 11 is 0. The topological polar surface area (TPSA) is 21.3 Å². The van der Waals surface area contributed by atoms with Gasteiger partial charge in [-0.25, -0.2) is 0 Å². The van der Waals surface area contributed by atoms with Crippen LogP contribution in [0.3, 0.4) is 0 Å². The van der Waals surface area contributed by atoms with Crippen LogP contribution in [0.4, 0.5) is 0 Å². The van der Waals surface area contributed by atoms with E-state index in [2.05, 4.69) is 58.1 Å². The lowest BCUT2D eigenvalue weighted by Gasteiger charge is -2.16. The average Bonchev–Trinajstić information content (AvgIpc) is 2.31. The molecule has 1 atom stereocenters. The molecule has 0 spiro atoms. The summed E-state index contributed by atoms with van der Waals surface area (Å²) in [6, 6.07) is 7.18. The van der Waals surface area contributed by atoms with Crippen molar-refractivity contribution < 1.29 is 4.74 Å². The molecule has 0 radical (unpaired) electrons. The van der Waals surface area contributed by atoms with Crippen LogP contribution in [-0.2, 0) is 4.74 Å². The molecule has 1 unspecified atom stereocenters. The van der Waals surface area contributed by atoms with Crippen molar-refractivity contribution >= 4 is 0 Å². The maximum atomic E-state index is 5.54. The summed E-state index contributed by atoms with van der Waals surface area (Å²) in [7, 11) is 0. The maximum Gasteiger partial charge on any atom is 0.0518 e. The second kappa shape index (κ2) is 8.34. The molecule has 0 aliphatic heterocycles. The molecule has 0 saturated carbocycles. The van der Waals surface area contributed by atoms with Crippen LogP contribution in [0.5, 0.6) is 0 Å². The lowest BCUT2D eigenvalue weighted by atomic mass is 10.0. The van der Waals surface area contributed by atoms with E-state index < -0.39 is 0 Å². The van der Waals surface area contributed by atoms with Crippen molar-refractivity contribution in [2.45, 2.75) is 59.6 Å². The molecule has 0 bridgehead atoms. The van der Waals surface area contributed by atoms with Gasteiger partial charge in [-0.15, -0.1) is 0 Å². The molecule has 0 aromatic heterocycles. The van der Waals surface area contributed by atoms with Crippen LogP contribution < -0.4 is 5.32 Å². The molecule has 0 aliphatic carbocycles. The summed E-state index contributed by atoms with van der Waals surface area (Å²) in [5.41, 5.74) is 4.07. The van der Waals surface area contributed by atoms with Gasteiger partial charge in [-0.1, -0.05) is 29.3 Å². The Kier molecular flexibility index (Phi) is 7.11. The minimum absolute atomic E-state index is 0.349. The van der Waals surface area contributed by atoms with Crippen LogP contribution >= 0.6 is 0 Å². The number of hydrogen-bond acceptors (Lipinski definition) is 2. The first-order valence-corrected chi connectivity index (χ1v) is 7.42. The molecule has 2 nitrogen and oxygen atoms in total. The fraction of sp³-hybridized carbons (Fsp3) is 0.647. The standard InChI is InChI=1S/C17H29NO/c1-13(2)19-9-7-6-8-18-16(5)17-11-14(3)10-15(4)12-17/h10-13,16,18H,6-9H2,1-5H3. The molecule has 0 saturated heterocycles. The first-order valence-electron chi connectivity index (χ1n) is 7.42. The van der Waals surface area contributed by atoms with Crippen molar-refractivity contribution in [3.63, 3.8) is 0 Å². The predicted octanol–water partition coefficient (Wildman–Crippen LogP) is 4.16. The van der Waals surface area contributed by atoms with Crippen molar-refractivity contribution in [2.24, 2.45) is 0 Å². The van der Waals surface area contributed by atoms with Gasteiger partial charge in [0.2, 0.25) is 0 Å². The van der Waals surface area contributed by atoms with Crippen LogP contribution in [-0.4, -0.2) is 19.3 Å². The number of ether oxygens (including phenoxy) is 1. The Balaban J connectivity index is 2.25. The van der Waals surface area contributed by atoms with E-state index >= 15 is 0 Å². The van der Waals surface area contributed by atoms with Crippen molar-refractivity contribution in [1.29, 1.82) is 0 Å². The monoisotopic (exact) mass is 263 g/mol.